The van der Waals surface area contributed by atoms with Gasteiger partial charge in [-0.05, 0) is 116 Å². The molecule has 6 nitrogen and oxygen atoms in total. The van der Waals surface area contributed by atoms with Gasteiger partial charge in [-0.2, -0.15) is 0 Å². The van der Waals surface area contributed by atoms with Crippen LogP contribution in [0.1, 0.15) is 239 Å². The monoisotopic (exact) mass is 877 g/mol. The lowest BCUT2D eigenvalue weighted by Gasteiger charge is -2.18. The number of allylic oxidation sites excluding steroid dienone is 14. The second-order valence-electron chi connectivity index (χ2n) is 17.0. The molecule has 0 saturated carbocycles. The summed E-state index contributed by atoms with van der Waals surface area (Å²) in [7, 11) is 0. The number of esters is 3. The van der Waals surface area contributed by atoms with Gasteiger partial charge in [-0.1, -0.05) is 189 Å². The van der Waals surface area contributed by atoms with E-state index >= 15 is 0 Å². The molecule has 0 aliphatic rings. The predicted octanol–water partition coefficient (Wildman–Crippen LogP) is 17.2. The van der Waals surface area contributed by atoms with Crippen LogP contribution in [0, 0.1) is 0 Å². The molecule has 0 N–H and O–H groups in total. The Morgan fingerprint density at radius 1 is 0.333 bits per heavy atom. The summed E-state index contributed by atoms with van der Waals surface area (Å²) in [6.45, 7) is 6.43. The number of hydrogen-bond donors (Lipinski definition) is 0. The van der Waals surface area contributed by atoms with Crippen LogP contribution in [0.4, 0.5) is 0 Å². The quantitative estimate of drug-likeness (QED) is 0.0262. The summed E-state index contributed by atoms with van der Waals surface area (Å²) < 4.78 is 16.8. The minimum atomic E-state index is -0.797. The van der Waals surface area contributed by atoms with Crippen molar-refractivity contribution in [2.24, 2.45) is 0 Å². The van der Waals surface area contributed by atoms with Crippen LogP contribution in [0.15, 0.2) is 85.1 Å². The number of carbonyl (C=O) groups excluding carboxylic acids is 3. The largest absolute Gasteiger partial charge is 0.462 e. The van der Waals surface area contributed by atoms with Gasteiger partial charge in [0.2, 0.25) is 0 Å². The summed E-state index contributed by atoms with van der Waals surface area (Å²) in [6.07, 6.45) is 65.6. The molecule has 360 valence electrons. The average molecular weight is 877 g/mol. The molecule has 0 fully saturated rings. The van der Waals surface area contributed by atoms with E-state index in [-0.39, 0.29) is 31.1 Å². The van der Waals surface area contributed by atoms with Gasteiger partial charge in [0.1, 0.15) is 13.2 Å². The van der Waals surface area contributed by atoms with E-state index in [1.807, 2.05) is 0 Å². The SMILES string of the molecule is CCC=CCC=CCC=CCCCCCCCC(=O)OC[C@@H](COC(=O)CCCCCCCC=CCC=CCCCCC)OC(=O)CCCCCCCC=CCC=CCCCCC. The van der Waals surface area contributed by atoms with Gasteiger partial charge in [0.05, 0.1) is 0 Å². The summed E-state index contributed by atoms with van der Waals surface area (Å²) in [5.74, 6) is -0.940. The third-order valence-electron chi connectivity index (χ3n) is 10.9. The lowest BCUT2D eigenvalue weighted by molar-refractivity contribution is -0.167. The van der Waals surface area contributed by atoms with E-state index in [2.05, 4.69) is 106 Å². The Labute approximate surface area is 388 Å². The fraction of sp³-hybridized carbons (Fsp3) is 0.702. The van der Waals surface area contributed by atoms with Crippen LogP contribution >= 0.6 is 0 Å². The minimum Gasteiger partial charge on any atom is -0.462 e. The number of rotatable bonds is 46. The Balaban J connectivity index is 4.47. The molecule has 6 heteroatoms. The number of hydrogen-bond acceptors (Lipinski definition) is 6. The zero-order valence-corrected chi connectivity index (χ0v) is 41.1. The van der Waals surface area contributed by atoms with Crippen LogP contribution in [0.5, 0.6) is 0 Å². The van der Waals surface area contributed by atoms with E-state index in [0.29, 0.717) is 19.3 Å². The molecule has 0 aromatic heterocycles. The lowest BCUT2D eigenvalue weighted by atomic mass is 10.1. The molecular weight excluding hydrogens is 781 g/mol. The van der Waals surface area contributed by atoms with E-state index in [0.717, 1.165) is 148 Å². The average Bonchev–Trinajstić information content (AvgIpc) is 3.28. The van der Waals surface area contributed by atoms with Crippen molar-refractivity contribution >= 4 is 17.9 Å². The van der Waals surface area contributed by atoms with E-state index in [1.165, 1.54) is 51.4 Å². The Bertz CT molecular complexity index is 1240. The zero-order valence-electron chi connectivity index (χ0n) is 41.1. The standard InChI is InChI=1S/C57H96O6/c1-4-7-10-13-16-19-22-25-28-31-34-37-40-43-46-49-55(58)61-52-54(63-57(60)51-48-45-42-39-36-33-30-27-24-21-18-15-12-9-6-3)53-62-56(59)50-47-44-41-38-35-32-29-26-23-20-17-14-11-8-5-2/h7,10,16-21,25-30,54H,4-6,8-9,11-15,22-24,31-53H2,1-3H3/t54-/m0/s1. The fourth-order valence-electron chi connectivity index (χ4n) is 6.93. The molecule has 0 aliphatic carbocycles. The summed E-state index contributed by atoms with van der Waals surface area (Å²) in [4.78, 5) is 38.0. The van der Waals surface area contributed by atoms with Gasteiger partial charge in [0.15, 0.2) is 6.10 Å². The van der Waals surface area contributed by atoms with Crippen LogP contribution in [-0.4, -0.2) is 37.2 Å². The van der Waals surface area contributed by atoms with Crippen molar-refractivity contribution in [1.82, 2.24) is 0 Å². The molecule has 63 heavy (non-hydrogen) atoms. The normalized spacial score (nSPS) is 12.7. The highest BCUT2D eigenvalue weighted by molar-refractivity contribution is 5.71. The topological polar surface area (TPSA) is 78.9 Å². The smallest absolute Gasteiger partial charge is 0.306 e. The summed E-state index contributed by atoms with van der Waals surface area (Å²) in [5, 5.41) is 0. The molecule has 0 saturated heterocycles. The molecule has 0 bridgehead atoms. The summed E-state index contributed by atoms with van der Waals surface area (Å²) in [6, 6.07) is 0. The van der Waals surface area contributed by atoms with Crippen molar-refractivity contribution in [3.63, 3.8) is 0 Å². The van der Waals surface area contributed by atoms with Crippen molar-refractivity contribution in [3.8, 4) is 0 Å². The van der Waals surface area contributed by atoms with Crippen LogP contribution in [-0.2, 0) is 28.6 Å². The Kier molecular flexibility index (Phi) is 48.5. The number of unbranched alkanes of at least 4 members (excludes halogenated alkanes) is 21. The van der Waals surface area contributed by atoms with Crippen LogP contribution in [0.25, 0.3) is 0 Å². The van der Waals surface area contributed by atoms with E-state index in [9.17, 15) is 14.4 Å². The molecule has 0 aromatic rings. The highest BCUT2D eigenvalue weighted by Crippen LogP contribution is 2.13. The van der Waals surface area contributed by atoms with E-state index in [1.54, 1.807) is 0 Å². The molecule has 0 spiro atoms. The second kappa shape index (κ2) is 51.2. The Morgan fingerprint density at radius 3 is 0.968 bits per heavy atom. The molecule has 0 amide bonds. The second-order valence-corrected chi connectivity index (χ2v) is 17.0. The highest BCUT2D eigenvalue weighted by atomic mass is 16.6. The fourth-order valence-corrected chi connectivity index (χ4v) is 6.93. The van der Waals surface area contributed by atoms with Gasteiger partial charge < -0.3 is 14.2 Å². The van der Waals surface area contributed by atoms with Gasteiger partial charge in [0.25, 0.3) is 0 Å². The third kappa shape index (κ3) is 49.5. The predicted molar refractivity (Wildman–Crippen MR) is 270 cm³/mol. The molecule has 0 rings (SSSR count). The number of carbonyl (C=O) groups is 3. The van der Waals surface area contributed by atoms with Crippen molar-refractivity contribution in [1.29, 1.82) is 0 Å². The zero-order chi connectivity index (χ0) is 45.8. The first-order valence-electron chi connectivity index (χ1n) is 26.1. The van der Waals surface area contributed by atoms with Gasteiger partial charge in [-0.25, -0.2) is 0 Å². The molecule has 0 radical (unpaired) electrons. The first-order chi connectivity index (χ1) is 31.0. The maximum Gasteiger partial charge on any atom is 0.306 e. The van der Waals surface area contributed by atoms with Gasteiger partial charge >= 0.3 is 17.9 Å². The van der Waals surface area contributed by atoms with E-state index < -0.39 is 6.10 Å². The number of ether oxygens (including phenoxy) is 3. The minimum absolute atomic E-state index is 0.0959. The summed E-state index contributed by atoms with van der Waals surface area (Å²) >= 11 is 0. The van der Waals surface area contributed by atoms with Crippen LogP contribution in [0.2, 0.25) is 0 Å². The van der Waals surface area contributed by atoms with Crippen LogP contribution in [0.3, 0.4) is 0 Å². The molecule has 1 atom stereocenters. The van der Waals surface area contributed by atoms with Gasteiger partial charge in [-0.3, -0.25) is 14.4 Å². The van der Waals surface area contributed by atoms with Crippen molar-refractivity contribution < 1.29 is 28.6 Å². The maximum absolute atomic E-state index is 12.8. The first kappa shape index (κ1) is 59.6. The first-order valence-corrected chi connectivity index (χ1v) is 26.1. The van der Waals surface area contributed by atoms with Crippen molar-refractivity contribution in [3.05, 3.63) is 85.1 Å². The Morgan fingerprint density at radius 2 is 0.619 bits per heavy atom. The van der Waals surface area contributed by atoms with E-state index in [4.69, 9.17) is 14.2 Å². The highest BCUT2D eigenvalue weighted by Gasteiger charge is 2.19. The molecule has 0 aliphatic heterocycles. The van der Waals surface area contributed by atoms with Crippen LogP contribution < -0.4 is 0 Å². The lowest BCUT2D eigenvalue weighted by Crippen LogP contribution is -2.30. The third-order valence-corrected chi connectivity index (χ3v) is 10.9. The molecular formula is C57H96O6. The van der Waals surface area contributed by atoms with Gasteiger partial charge in [-0.15, -0.1) is 0 Å². The molecule has 0 aromatic carbocycles. The molecule has 0 heterocycles. The Hall–Kier alpha value is -3.41. The van der Waals surface area contributed by atoms with Crippen molar-refractivity contribution in [2.75, 3.05) is 13.2 Å². The summed E-state index contributed by atoms with van der Waals surface area (Å²) in [5.41, 5.74) is 0. The maximum atomic E-state index is 12.8. The molecule has 0 unspecified atom stereocenters. The van der Waals surface area contributed by atoms with Crippen molar-refractivity contribution in [2.45, 2.75) is 245 Å². The van der Waals surface area contributed by atoms with Gasteiger partial charge in [0, 0.05) is 19.3 Å².